The summed E-state index contributed by atoms with van der Waals surface area (Å²) in [4.78, 5) is 19.7. The fourth-order valence-electron chi connectivity index (χ4n) is 3.36. The number of fused-ring (bicyclic) bond motifs is 3. The average Bonchev–Trinajstić information content (AvgIpc) is 2.95. The molecule has 0 amide bonds. The largest absolute Gasteiger partial charge is 0.294 e. The molecule has 0 saturated heterocycles. The maximum absolute atomic E-state index is 13.1. The zero-order chi connectivity index (χ0) is 17.7. The van der Waals surface area contributed by atoms with E-state index in [0.717, 1.165) is 29.5 Å². The molecule has 0 fully saturated rings. The molecule has 1 aliphatic rings. The van der Waals surface area contributed by atoms with Gasteiger partial charge in [-0.05, 0) is 42.9 Å². The molecule has 2 heterocycles. The second-order valence-corrected chi connectivity index (χ2v) is 8.81. The van der Waals surface area contributed by atoms with E-state index in [0.29, 0.717) is 26.5 Å². The molecular formula is C18H15Cl3N2OS. The van der Waals surface area contributed by atoms with Crippen molar-refractivity contribution < 1.29 is 0 Å². The van der Waals surface area contributed by atoms with Crippen molar-refractivity contribution in [3.63, 3.8) is 0 Å². The molecule has 7 heteroatoms. The molecule has 0 saturated carbocycles. The minimum atomic E-state index is -0.0378. The second-order valence-electron chi connectivity index (χ2n) is 6.53. The lowest BCUT2D eigenvalue weighted by atomic mass is 9.89. The van der Waals surface area contributed by atoms with Gasteiger partial charge in [-0.3, -0.25) is 9.36 Å². The fourth-order valence-corrected chi connectivity index (χ4v) is 5.37. The first-order chi connectivity index (χ1) is 12.0. The molecule has 130 valence electrons. The number of hydrogen-bond acceptors (Lipinski definition) is 3. The summed E-state index contributed by atoms with van der Waals surface area (Å²) >= 11 is 20.3. The molecule has 1 aromatic carbocycles. The Morgan fingerprint density at radius 2 is 2.04 bits per heavy atom. The summed E-state index contributed by atoms with van der Waals surface area (Å²) in [5.41, 5.74) is 1.77. The molecule has 4 rings (SSSR count). The molecule has 3 nitrogen and oxygen atoms in total. The lowest BCUT2D eigenvalue weighted by molar-refractivity contribution is 0.509. The van der Waals surface area contributed by atoms with Gasteiger partial charge in [0.1, 0.15) is 4.83 Å². The van der Waals surface area contributed by atoms with Crippen molar-refractivity contribution in [3.8, 4) is 0 Å². The topological polar surface area (TPSA) is 34.9 Å². The van der Waals surface area contributed by atoms with E-state index in [9.17, 15) is 4.79 Å². The molecule has 0 N–H and O–H groups in total. The van der Waals surface area contributed by atoms with Crippen molar-refractivity contribution >= 4 is 56.4 Å². The van der Waals surface area contributed by atoms with Crippen molar-refractivity contribution in [2.45, 2.75) is 32.7 Å². The molecular weight excluding hydrogens is 399 g/mol. The molecule has 3 aromatic rings. The lowest BCUT2D eigenvalue weighted by Crippen LogP contribution is -2.22. The van der Waals surface area contributed by atoms with Gasteiger partial charge in [0, 0.05) is 15.5 Å². The molecule has 0 radical (unpaired) electrons. The van der Waals surface area contributed by atoms with Crippen molar-refractivity contribution in [2.75, 3.05) is 0 Å². The van der Waals surface area contributed by atoms with E-state index in [4.69, 9.17) is 34.8 Å². The van der Waals surface area contributed by atoms with E-state index in [1.165, 1.54) is 10.4 Å². The third-order valence-electron chi connectivity index (χ3n) is 4.75. The van der Waals surface area contributed by atoms with Gasteiger partial charge in [0.25, 0.3) is 5.56 Å². The minimum Gasteiger partial charge on any atom is -0.294 e. The molecule has 1 atom stereocenters. The van der Waals surface area contributed by atoms with Crippen LogP contribution in [0.5, 0.6) is 0 Å². The number of thiophene rings is 1. The van der Waals surface area contributed by atoms with E-state index in [1.54, 1.807) is 34.4 Å². The summed E-state index contributed by atoms with van der Waals surface area (Å²) in [7, 11) is 0. The van der Waals surface area contributed by atoms with Crippen LogP contribution in [-0.2, 0) is 19.4 Å². The average molecular weight is 414 g/mol. The van der Waals surface area contributed by atoms with Crippen LogP contribution >= 0.6 is 46.1 Å². The van der Waals surface area contributed by atoms with Gasteiger partial charge in [0.05, 0.1) is 28.3 Å². The summed E-state index contributed by atoms with van der Waals surface area (Å²) in [5, 5.41) is 2.04. The number of halogens is 3. The Morgan fingerprint density at radius 1 is 1.28 bits per heavy atom. The zero-order valence-corrected chi connectivity index (χ0v) is 16.6. The van der Waals surface area contributed by atoms with Crippen LogP contribution < -0.4 is 5.56 Å². The number of aromatic nitrogens is 2. The predicted octanol–water partition coefficient (Wildman–Crippen LogP) is 5.59. The Bertz CT molecular complexity index is 1040. The second kappa shape index (κ2) is 6.58. The SMILES string of the molecule is CC1CCc2c(sc3ncn(Cc4c(Cl)ccc(Cl)c4Cl)c(=O)c23)C1. The standard InChI is InChI=1S/C18H15Cl3N2OS/c1-9-2-3-10-14(6-9)25-17-15(10)18(24)23(8-22-17)7-11-12(19)4-5-13(20)16(11)21/h4-5,8-9H,2-3,6-7H2,1H3. The first-order valence-electron chi connectivity index (χ1n) is 8.07. The van der Waals surface area contributed by atoms with E-state index in [2.05, 4.69) is 11.9 Å². The fraction of sp³-hybridized carbons (Fsp3) is 0.333. The highest BCUT2D eigenvalue weighted by Crippen LogP contribution is 2.36. The lowest BCUT2D eigenvalue weighted by Gasteiger charge is -2.17. The van der Waals surface area contributed by atoms with Crippen LogP contribution in [0.3, 0.4) is 0 Å². The molecule has 1 unspecified atom stereocenters. The summed E-state index contributed by atoms with van der Waals surface area (Å²) in [5.74, 6) is 0.659. The van der Waals surface area contributed by atoms with Gasteiger partial charge in [0.2, 0.25) is 0 Å². The first-order valence-corrected chi connectivity index (χ1v) is 10.0. The number of benzene rings is 1. The Labute approximate surface area is 164 Å². The van der Waals surface area contributed by atoms with Crippen LogP contribution in [0.1, 0.15) is 29.3 Å². The van der Waals surface area contributed by atoms with Crippen LogP contribution in [0.15, 0.2) is 23.3 Å². The third-order valence-corrected chi connectivity index (χ3v) is 7.11. The summed E-state index contributed by atoms with van der Waals surface area (Å²) in [6.45, 7) is 2.50. The molecule has 0 bridgehead atoms. The van der Waals surface area contributed by atoms with Crippen LogP contribution in [0, 0.1) is 5.92 Å². The molecule has 1 aliphatic carbocycles. The van der Waals surface area contributed by atoms with E-state index in [-0.39, 0.29) is 12.1 Å². The first kappa shape index (κ1) is 17.3. The van der Waals surface area contributed by atoms with Gasteiger partial charge in [0.15, 0.2) is 0 Å². The minimum absolute atomic E-state index is 0.0378. The van der Waals surface area contributed by atoms with Crippen LogP contribution in [0.2, 0.25) is 15.1 Å². The van der Waals surface area contributed by atoms with Crippen LogP contribution in [-0.4, -0.2) is 9.55 Å². The maximum atomic E-state index is 13.1. The van der Waals surface area contributed by atoms with Gasteiger partial charge < -0.3 is 0 Å². The maximum Gasteiger partial charge on any atom is 0.262 e. The van der Waals surface area contributed by atoms with Gasteiger partial charge in [-0.15, -0.1) is 11.3 Å². The Morgan fingerprint density at radius 3 is 2.84 bits per heavy atom. The van der Waals surface area contributed by atoms with Gasteiger partial charge in [-0.2, -0.15) is 0 Å². The normalized spacial score (nSPS) is 17.0. The molecule has 2 aromatic heterocycles. The van der Waals surface area contributed by atoms with E-state index in [1.807, 2.05) is 0 Å². The zero-order valence-electron chi connectivity index (χ0n) is 13.5. The van der Waals surface area contributed by atoms with Gasteiger partial charge in [-0.25, -0.2) is 4.98 Å². The number of aryl methyl sites for hydroxylation is 1. The van der Waals surface area contributed by atoms with Crippen molar-refractivity contribution in [2.24, 2.45) is 5.92 Å². The smallest absolute Gasteiger partial charge is 0.262 e. The highest BCUT2D eigenvalue weighted by atomic mass is 35.5. The van der Waals surface area contributed by atoms with E-state index >= 15 is 0 Å². The highest BCUT2D eigenvalue weighted by Gasteiger charge is 2.23. The number of hydrogen-bond donors (Lipinski definition) is 0. The van der Waals surface area contributed by atoms with Crippen molar-refractivity contribution in [1.29, 1.82) is 0 Å². The van der Waals surface area contributed by atoms with Crippen LogP contribution in [0.4, 0.5) is 0 Å². The summed E-state index contributed by atoms with van der Waals surface area (Å²) in [6.07, 6.45) is 4.65. The molecule has 0 spiro atoms. The van der Waals surface area contributed by atoms with E-state index < -0.39 is 0 Å². The summed E-state index contributed by atoms with van der Waals surface area (Å²) in [6, 6.07) is 3.34. The van der Waals surface area contributed by atoms with Gasteiger partial charge >= 0.3 is 0 Å². The number of nitrogens with zero attached hydrogens (tertiary/aromatic N) is 2. The Hall–Kier alpha value is -1.07. The quantitative estimate of drug-likeness (QED) is 0.513. The monoisotopic (exact) mass is 412 g/mol. The predicted molar refractivity (Wildman–Crippen MR) is 106 cm³/mol. The van der Waals surface area contributed by atoms with Crippen LogP contribution in [0.25, 0.3) is 10.2 Å². The molecule has 25 heavy (non-hydrogen) atoms. The van der Waals surface area contributed by atoms with Crippen molar-refractivity contribution in [1.82, 2.24) is 9.55 Å². The highest BCUT2D eigenvalue weighted by molar-refractivity contribution is 7.18. The number of rotatable bonds is 2. The van der Waals surface area contributed by atoms with Gasteiger partial charge in [-0.1, -0.05) is 41.7 Å². The Balaban J connectivity index is 1.84. The van der Waals surface area contributed by atoms with Crippen molar-refractivity contribution in [3.05, 3.63) is 59.9 Å². The third kappa shape index (κ3) is 2.99. The summed E-state index contributed by atoms with van der Waals surface area (Å²) < 4.78 is 1.57. The Kier molecular flexibility index (Phi) is 4.57. The molecule has 0 aliphatic heterocycles.